The van der Waals surface area contributed by atoms with E-state index >= 15 is 0 Å². The number of hydrogen-bond donors (Lipinski definition) is 2. The van der Waals surface area contributed by atoms with Crippen molar-refractivity contribution >= 4 is 20.0 Å². The molecular formula is C15H32N2O4S2. The van der Waals surface area contributed by atoms with Crippen molar-refractivity contribution in [1.82, 2.24) is 4.72 Å². The molecule has 138 valence electrons. The zero-order valence-electron chi connectivity index (χ0n) is 14.4. The normalized spacial score (nSPS) is 12.2. The minimum atomic E-state index is -3.24. The van der Waals surface area contributed by atoms with Crippen LogP contribution in [0.5, 0.6) is 0 Å². The maximum absolute atomic E-state index is 11.5. The fraction of sp³-hybridized carbons (Fsp3) is 0.600. The molecule has 6 nitrogen and oxygen atoms in total. The predicted octanol–water partition coefficient (Wildman–Crippen LogP) is 2.25. The topological polar surface area (TPSA) is 106 Å². The first-order valence-electron chi connectivity index (χ1n) is 7.48. The number of hydrogen-bond acceptors (Lipinski definition) is 4. The molecule has 0 amide bonds. The number of nitrogens with one attached hydrogen (secondary N) is 1. The van der Waals surface area contributed by atoms with Gasteiger partial charge in [-0.3, -0.25) is 0 Å². The average molecular weight is 369 g/mol. The highest BCUT2D eigenvalue weighted by molar-refractivity contribution is 7.90. The number of aryl methyl sites for hydroxylation is 1. The lowest BCUT2D eigenvalue weighted by Crippen LogP contribution is -2.30. The van der Waals surface area contributed by atoms with Crippen molar-refractivity contribution in [2.75, 3.05) is 0 Å². The first-order valence-corrected chi connectivity index (χ1v) is 10.6. The number of primary sulfonamides is 1. The second-order valence-corrected chi connectivity index (χ2v) is 10.2. The maximum atomic E-state index is 11.5. The van der Waals surface area contributed by atoms with Gasteiger partial charge in [-0.05, 0) is 45.2 Å². The van der Waals surface area contributed by atoms with Crippen molar-refractivity contribution in [2.45, 2.75) is 58.1 Å². The smallest absolute Gasteiger partial charge is 0.214 e. The predicted molar refractivity (Wildman–Crippen MR) is 99.2 cm³/mol. The zero-order chi connectivity index (χ0) is 18.3. The minimum absolute atomic E-state index is 0. The van der Waals surface area contributed by atoms with Crippen LogP contribution in [0, 0.1) is 0 Å². The summed E-state index contributed by atoms with van der Waals surface area (Å²) < 4.78 is 45.8. The van der Waals surface area contributed by atoms with Crippen LogP contribution < -0.4 is 9.86 Å². The van der Waals surface area contributed by atoms with Crippen LogP contribution in [0.1, 0.15) is 48.6 Å². The molecule has 0 bridgehead atoms. The molecule has 1 rings (SSSR count). The maximum Gasteiger partial charge on any atom is 0.214 e. The quantitative estimate of drug-likeness (QED) is 0.803. The third-order valence-corrected chi connectivity index (χ3v) is 6.29. The monoisotopic (exact) mass is 368 g/mol. The molecule has 1 aromatic carbocycles. The van der Waals surface area contributed by atoms with E-state index in [2.05, 4.69) is 16.8 Å². The van der Waals surface area contributed by atoms with E-state index in [1.54, 1.807) is 13.8 Å². The Morgan fingerprint density at radius 1 is 0.957 bits per heavy atom. The highest BCUT2D eigenvalue weighted by Gasteiger charge is 2.14. The highest BCUT2D eigenvalue weighted by atomic mass is 32.2. The summed E-state index contributed by atoms with van der Waals surface area (Å²) in [6.45, 7) is 8.87. The summed E-state index contributed by atoms with van der Waals surface area (Å²) >= 11 is 0. The summed E-state index contributed by atoms with van der Waals surface area (Å²) in [4.78, 5) is 0. The molecule has 0 saturated heterocycles. The minimum Gasteiger partial charge on any atom is -0.229 e. The molecule has 0 unspecified atom stereocenters. The molecule has 0 heterocycles. The Hall–Kier alpha value is -0.960. The molecular weight excluding hydrogens is 336 g/mol. The molecule has 3 N–H and O–H groups in total. The summed E-state index contributed by atoms with van der Waals surface area (Å²) in [5.41, 5.74) is 2.25. The van der Waals surface area contributed by atoms with Gasteiger partial charge in [0.15, 0.2) is 0 Å². The third kappa shape index (κ3) is 9.04. The molecule has 0 spiro atoms. The van der Waals surface area contributed by atoms with E-state index in [1.807, 2.05) is 24.3 Å². The Morgan fingerprint density at radius 3 is 1.65 bits per heavy atom. The average Bonchev–Trinajstić information content (AvgIpc) is 2.45. The zero-order valence-corrected chi connectivity index (χ0v) is 16.0. The van der Waals surface area contributed by atoms with Crippen LogP contribution in [-0.4, -0.2) is 27.3 Å². The molecule has 0 aliphatic rings. The van der Waals surface area contributed by atoms with Gasteiger partial charge in [0.1, 0.15) is 0 Å². The Balaban J connectivity index is -0.000000464. The van der Waals surface area contributed by atoms with Gasteiger partial charge in [-0.2, -0.15) is 0 Å². The highest BCUT2D eigenvalue weighted by Crippen LogP contribution is 2.06. The molecule has 8 heteroatoms. The summed E-state index contributed by atoms with van der Waals surface area (Å²) in [7, 11) is -6.40. The van der Waals surface area contributed by atoms with E-state index < -0.39 is 25.3 Å². The van der Waals surface area contributed by atoms with Gasteiger partial charge >= 0.3 is 0 Å². The molecule has 0 aromatic heterocycles. The van der Waals surface area contributed by atoms with Crippen LogP contribution in [0.15, 0.2) is 24.3 Å². The Kier molecular flexibility index (Phi) is 8.97. The lowest BCUT2D eigenvalue weighted by Gasteiger charge is -2.09. The molecule has 0 radical (unpaired) electrons. The molecule has 0 fully saturated rings. The number of rotatable bonds is 6. The van der Waals surface area contributed by atoms with Gasteiger partial charge in [-0.25, -0.2) is 26.7 Å². The summed E-state index contributed by atoms with van der Waals surface area (Å²) in [5.74, 6) is 0. The van der Waals surface area contributed by atoms with Gasteiger partial charge in [-0.1, -0.05) is 31.2 Å². The van der Waals surface area contributed by atoms with E-state index in [0.717, 1.165) is 12.0 Å². The van der Waals surface area contributed by atoms with Crippen molar-refractivity contribution in [1.29, 1.82) is 0 Å². The van der Waals surface area contributed by atoms with Crippen molar-refractivity contribution in [2.24, 2.45) is 5.14 Å². The van der Waals surface area contributed by atoms with Crippen LogP contribution in [0.2, 0.25) is 0 Å². The van der Waals surface area contributed by atoms with Gasteiger partial charge < -0.3 is 0 Å². The molecule has 23 heavy (non-hydrogen) atoms. The van der Waals surface area contributed by atoms with Crippen molar-refractivity contribution < 1.29 is 19.7 Å². The van der Waals surface area contributed by atoms with E-state index in [1.165, 1.54) is 19.4 Å². The summed E-state index contributed by atoms with van der Waals surface area (Å²) in [6, 6.07) is 7.97. The fourth-order valence-electron chi connectivity index (χ4n) is 1.24. The molecule has 0 aliphatic heterocycles. The third-order valence-electron chi connectivity index (χ3n) is 3.19. The van der Waals surface area contributed by atoms with Crippen molar-refractivity contribution in [3.63, 3.8) is 0 Å². The first kappa shape index (κ1) is 22.0. The van der Waals surface area contributed by atoms with Crippen molar-refractivity contribution in [3.05, 3.63) is 35.4 Å². The standard InChI is InChI=1S/C12H19NO2S.C3H9NO2S.2H2/c1-4-11-5-7-12(8-6-11)9-13-16(14,15)10(2)3;1-3(2)7(4,5)6;;/h5-8,10,13H,4,9H2,1-3H3;3H,1-2H3,(H2,4,5,6);2*1H. The summed E-state index contributed by atoms with van der Waals surface area (Å²) in [6.07, 6.45) is 0.998. The molecule has 1 aromatic rings. The Bertz CT molecular complexity index is 674. The molecule has 0 saturated carbocycles. The van der Waals surface area contributed by atoms with Gasteiger partial charge in [0, 0.05) is 9.40 Å². The number of sulfonamides is 2. The number of nitrogens with two attached hydrogens (primary N) is 1. The SMILES string of the molecule is CC(C)S(N)(=O)=O.CCc1ccc(CNS(=O)(=O)C(C)C)cc1.[HH].[HH]. The van der Waals surface area contributed by atoms with Gasteiger partial charge in [0.05, 0.1) is 10.5 Å². The largest absolute Gasteiger partial charge is 0.229 e. The second kappa shape index (κ2) is 9.36. The Morgan fingerprint density at radius 2 is 1.35 bits per heavy atom. The first-order chi connectivity index (χ1) is 10.4. The molecule has 0 aliphatic carbocycles. The van der Waals surface area contributed by atoms with Gasteiger partial charge in [-0.15, -0.1) is 0 Å². The van der Waals surface area contributed by atoms with E-state index in [4.69, 9.17) is 0 Å². The fourth-order valence-corrected chi connectivity index (χ4v) is 1.94. The molecule has 0 atom stereocenters. The van der Waals surface area contributed by atoms with Crippen LogP contribution in [0.4, 0.5) is 0 Å². The van der Waals surface area contributed by atoms with Crippen LogP contribution in [0.3, 0.4) is 0 Å². The van der Waals surface area contributed by atoms with E-state index in [0.29, 0.717) is 6.54 Å². The lowest BCUT2D eigenvalue weighted by atomic mass is 10.1. The van der Waals surface area contributed by atoms with Gasteiger partial charge in [0.25, 0.3) is 0 Å². The van der Waals surface area contributed by atoms with Crippen molar-refractivity contribution in [3.8, 4) is 0 Å². The lowest BCUT2D eigenvalue weighted by molar-refractivity contribution is 0.572. The van der Waals surface area contributed by atoms with E-state index in [9.17, 15) is 16.8 Å². The Labute approximate surface area is 143 Å². The van der Waals surface area contributed by atoms with Crippen LogP contribution in [-0.2, 0) is 33.0 Å². The van der Waals surface area contributed by atoms with Crippen LogP contribution >= 0.6 is 0 Å². The number of benzene rings is 1. The summed E-state index contributed by atoms with van der Waals surface area (Å²) in [5, 5.41) is 3.81. The van der Waals surface area contributed by atoms with Crippen LogP contribution in [0.25, 0.3) is 0 Å². The van der Waals surface area contributed by atoms with E-state index in [-0.39, 0.29) is 8.10 Å². The van der Waals surface area contributed by atoms with Gasteiger partial charge in [0.2, 0.25) is 20.0 Å². The second-order valence-electron chi connectivity index (χ2n) is 5.72.